The summed E-state index contributed by atoms with van der Waals surface area (Å²) < 4.78 is 15.6. The first kappa shape index (κ1) is 144. The number of aldehydes is 3. The lowest BCUT2D eigenvalue weighted by atomic mass is 10.0. The maximum absolute atomic E-state index is 11.0. The van der Waals surface area contributed by atoms with Crippen LogP contribution in [0.2, 0.25) is 0 Å². The quantitative estimate of drug-likeness (QED) is 0.122. The predicted molar refractivity (Wildman–Crippen MR) is 630 cm³/mol. The molecule has 17 rings (SSSR count). The van der Waals surface area contributed by atoms with Gasteiger partial charge in [0.15, 0.2) is 6.29 Å². The number of aliphatic hydroxyl groups is 1. The van der Waals surface area contributed by atoms with Crippen molar-refractivity contribution in [2.24, 2.45) is 0 Å². The van der Waals surface area contributed by atoms with Gasteiger partial charge in [-0.15, -0.1) is 0 Å². The molecule has 0 saturated carbocycles. The van der Waals surface area contributed by atoms with Crippen molar-refractivity contribution in [3.8, 4) is 17.2 Å². The summed E-state index contributed by atoms with van der Waals surface area (Å²) in [6.07, 6.45) is 2.62. The Morgan fingerprint density at radius 1 is 0.216 bits per heavy atom. The van der Waals surface area contributed by atoms with Crippen LogP contribution in [0, 0.1) is 34.6 Å². The Balaban J connectivity index is -0.000000190. The number of carbonyl (C=O) groups excluding carboxylic acids is 5. The molecular formula is C130H184O9. The molecule has 0 spiro atoms. The summed E-state index contributed by atoms with van der Waals surface area (Å²) in [7, 11) is 4.94. The van der Waals surface area contributed by atoms with Crippen LogP contribution in [-0.4, -0.2) is 58.9 Å². The SMILES string of the molecule is C=O.C=O.CC.CC.CC.CC.CC.CC.CC.CC.CC.CC.CC.CC.CC.CC.CC.CC.COc1ccc(CO)c2ccccc12.COc1ccc2cc(C=O)ccc2c1.COc1ccc2ccc(C=O)cc2c1C.Cc1cccc2ccccc12.Cc1cccc2ccccc12.Cc1cccc2ccccc12.Cc1cccc2ccccc12.O=Cc1cccc2cc3ccccc3cc12. The Bertz CT molecular complexity index is 5410. The minimum absolute atomic E-state index is 0.0600. The minimum atomic E-state index is 0.0600. The Morgan fingerprint density at radius 2 is 0.482 bits per heavy atom. The molecule has 0 amide bonds. The first-order valence-electron chi connectivity index (χ1n) is 50.8. The zero-order valence-electron chi connectivity index (χ0n) is 93.7. The van der Waals surface area contributed by atoms with E-state index < -0.39 is 0 Å². The molecule has 0 unspecified atom stereocenters. The third kappa shape index (κ3) is 52.2. The van der Waals surface area contributed by atoms with Crippen LogP contribution < -0.4 is 14.2 Å². The van der Waals surface area contributed by atoms with Crippen molar-refractivity contribution in [2.75, 3.05) is 21.3 Å². The van der Waals surface area contributed by atoms with Gasteiger partial charge < -0.3 is 28.9 Å². The van der Waals surface area contributed by atoms with Crippen LogP contribution in [-0.2, 0) is 16.2 Å². The summed E-state index contributed by atoms with van der Waals surface area (Å²) in [5.41, 5.74) is 9.54. The molecule has 0 bridgehead atoms. The number of fused-ring (bicyclic) bond motifs is 9. The summed E-state index contributed by atoms with van der Waals surface area (Å²) in [6, 6.07) is 110. The standard InChI is InChI=1S/C15H10O.C13H12O2.C12H10O2.C12H12O2.4C11H10.16C2H6.2CH2O/c16-10-14-7-3-6-13-8-11-4-1-2-5-12(11)9-15(13)14;1-9-12-7-10(8-14)3-4-11(12)5-6-13(9)15-2;1-14-12-5-4-10-6-9(8-13)2-3-11(10)7-12;1-14-12-7-6-9(8-13)10-4-2-3-5-11(10)12;4*1-9-5-4-7-10-6-2-3-8-11(9)10;18*1-2/h1-10H;3-8H,1-2H3;2-8H,1H3;2-7,13H,8H2,1H3;4*2-8H,1H3;16*1-2H3;2*1H2. The molecule has 0 fully saturated rings. The fraction of sp³-hybridized carbons (Fsp3) is 0.315. The average Bonchev–Trinajstić information content (AvgIpc) is 0.800. The molecule has 0 atom stereocenters. The van der Waals surface area contributed by atoms with Gasteiger partial charge in [-0.05, 0) is 208 Å². The monoisotopic (exact) mass is 1890 g/mol. The topological polar surface area (TPSA) is 133 Å². The summed E-state index contributed by atoms with van der Waals surface area (Å²) in [6.45, 7) is 78.6. The maximum Gasteiger partial charge on any atom is 0.150 e. The van der Waals surface area contributed by atoms with E-state index in [4.69, 9.17) is 28.9 Å². The second kappa shape index (κ2) is 101. The number of aliphatic hydroxyl groups excluding tert-OH is 1. The first-order chi connectivity index (χ1) is 68.3. The second-order valence-electron chi connectivity index (χ2n) is 24.8. The Hall–Kier alpha value is -13.2. The van der Waals surface area contributed by atoms with Gasteiger partial charge >= 0.3 is 0 Å². The number of hydrogen-bond acceptors (Lipinski definition) is 9. The van der Waals surface area contributed by atoms with Crippen molar-refractivity contribution in [1.82, 2.24) is 0 Å². The lowest BCUT2D eigenvalue weighted by Gasteiger charge is -2.08. The molecule has 758 valence electrons. The molecule has 139 heavy (non-hydrogen) atoms. The van der Waals surface area contributed by atoms with Crippen molar-refractivity contribution < 1.29 is 43.3 Å². The highest BCUT2D eigenvalue weighted by Crippen LogP contribution is 2.31. The molecule has 1 N–H and O–H groups in total. The van der Waals surface area contributed by atoms with Gasteiger partial charge in [0.1, 0.15) is 43.4 Å². The largest absolute Gasteiger partial charge is 0.497 e. The molecule has 0 heterocycles. The summed E-state index contributed by atoms with van der Waals surface area (Å²) >= 11 is 0. The molecule has 17 aromatic carbocycles. The summed E-state index contributed by atoms with van der Waals surface area (Å²) in [5, 5.41) is 30.8. The van der Waals surface area contributed by atoms with Crippen molar-refractivity contribution in [3.63, 3.8) is 0 Å². The van der Waals surface area contributed by atoms with E-state index >= 15 is 0 Å². The predicted octanol–water partition coefficient (Wildman–Crippen LogP) is 40.4. The molecule has 0 aliphatic carbocycles. The molecular weight excluding hydrogens is 1710 g/mol. The van der Waals surface area contributed by atoms with Gasteiger partial charge in [-0.25, -0.2) is 0 Å². The van der Waals surface area contributed by atoms with Crippen LogP contribution >= 0.6 is 0 Å². The second-order valence-corrected chi connectivity index (χ2v) is 24.8. The molecule has 0 aliphatic heterocycles. The molecule has 0 saturated heterocycles. The van der Waals surface area contributed by atoms with Gasteiger partial charge in [0.2, 0.25) is 0 Å². The van der Waals surface area contributed by atoms with E-state index in [1.165, 1.54) is 76.1 Å². The fourth-order valence-electron chi connectivity index (χ4n) is 12.5. The van der Waals surface area contributed by atoms with Gasteiger partial charge in [0.05, 0.1) is 27.9 Å². The molecule has 0 radical (unpaired) electrons. The maximum atomic E-state index is 11.0. The van der Waals surface area contributed by atoms with Crippen LogP contribution in [0.3, 0.4) is 0 Å². The lowest BCUT2D eigenvalue weighted by Crippen LogP contribution is -1.89. The van der Waals surface area contributed by atoms with Crippen molar-refractivity contribution in [3.05, 3.63) is 378 Å². The normalized spacial score (nSPS) is 8.41. The molecule has 9 nitrogen and oxygen atoms in total. The number of methoxy groups -OCH3 is 3. The zero-order chi connectivity index (χ0) is 108. The molecule has 9 heteroatoms. The fourth-order valence-corrected chi connectivity index (χ4v) is 12.5. The van der Waals surface area contributed by atoms with Gasteiger partial charge in [-0.3, -0.25) is 14.4 Å². The van der Waals surface area contributed by atoms with Gasteiger partial charge in [0.25, 0.3) is 0 Å². The van der Waals surface area contributed by atoms with E-state index in [1.807, 2.05) is 369 Å². The van der Waals surface area contributed by atoms with Gasteiger partial charge in [0, 0.05) is 22.1 Å². The van der Waals surface area contributed by atoms with Crippen LogP contribution in [0.15, 0.2) is 328 Å². The molecule has 0 aliphatic rings. The lowest BCUT2D eigenvalue weighted by molar-refractivity contribution is -0.0987. The van der Waals surface area contributed by atoms with Crippen LogP contribution in [0.25, 0.3) is 97.0 Å². The minimum Gasteiger partial charge on any atom is -0.497 e. The van der Waals surface area contributed by atoms with Crippen molar-refractivity contribution >= 4 is 129 Å². The van der Waals surface area contributed by atoms with E-state index in [9.17, 15) is 14.4 Å². The van der Waals surface area contributed by atoms with Crippen LogP contribution in [0.1, 0.15) is 286 Å². The zero-order valence-corrected chi connectivity index (χ0v) is 93.7. The summed E-state index contributed by atoms with van der Waals surface area (Å²) in [5.74, 6) is 2.53. The Labute approximate surface area is 846 Å². The average molecular weight is 1890 g/mol. The first-order valence-corrected chi connectivity index (χ1v) is 50.8. The highest BCUT2D eigenvalue weighted by atomic mass is 16.5. The van der Waals surface area contributed by atoms with Crippen molar-refractivity contribution in [1.29, 1.82) is 0 Å². The Morgan fingerprint density at radius 3 is 0.820 bits per heavy atom. The number of aryl methyl sites for hydroxylation is 5. The third-order valence-corrected chi connectivity index (χ3v) is 18.1. The van der Waals surface area contributed by atoms with E-state index in [0.717, 1.165) is 95.9 Å². The number of ether oxygens (including phenoxy) is 3. The van der Waals surface area contributed by atoms with Gasteiger partial charge in [-0.2, -0.15) is 0 Å². The number of rotatable bonds is 7. The third-order valence-electron chi connectivity index (χ3n) is 18.1. The number of hydrogen-bond donors (Lipinski definition) is 1. The van der Waals surface area contributed by atoms with Gasteiger partial charge in [-0.1, -0.05) is 501 Å². The number of carbonyl (C=O) groups is 5. The highest BCUT2D eigenvalue weighted by Gasteiger charge is 2.08. The Kier molecular flexibility index (Phi) is 104. The van der Waals surface area contributed by atoms with E-state index in [1.54, 1.807) is 27.4 Å². The van der Waals surface area contributed by atoms with Crippen molar-refractivity contribution in [2.45, 2.75) is 263 Å². The summed E-state index contributed by atoms with van der Waals surface area (Å²) in [4.78, 5) is 48.2. The molecule has 0 aromatic heterocycles. The van der Waals surface area contributed by atoms with E-state index in [0.29, 0.717) is 11.1 Å². The molecule has 17 aromatic rings. The highest BCUT2D eigenvalue weighted by molar-refractivity contribution is 6.05. The smallest absolute Gasteiger partial charge is 0.150 e. The number of benzene rings is 17. The van der Waals surface area contributed by atoms with E-state index in [-0.39, 0.29) is 6.61 Å². The van der Waals surface area contributed by atoms with Crippen LogP contribution in [0.5, 0.6) is 17.2 Å². The van der Waals surface area contributed by atoms with Crippen LogP contribution in [0.4, 0.5) is 0 Å². The van der Waals surface area contributed by atoms with E-state index in [2.05, 4.69) is 222 Å².